The fourth-order valence-electron chi connectivity index (χ4n) is 1.21. The lowest BCUT2D eigenvalue weighted by molar-refractivity contribution is 0.297. The van der Waals surface area contributed by atoms with Crippen LogP contribution in [-0.4, -0.2) is 21.3 Å². The van der Waals surface area contributed by atoms with Crippen LogP contribution >= 0.6 is 0 Å². The number of aromatic nitrogens is 2. The SMILES string of the molecule is C=C(CCO)Cn1cc(C)c(=O)[nH]c1=O. The summed E-state index contributed by atoms with van der Waals surface area (Å²) in [5.41, 5.74) is 0.395. The molecule has 0 unspecified atom stereocenters. The fraction of sp³-hybridized carbons (Fsp3) is 0.400. The number of H-pyrrole nitrogens is 1. The summed E-state index contributed by atoms with van der Waals surface area (Å²) in [4.78, 5) is 24.6. The average molecular weight is 210 g/mol. The second kappa shape index (κ2) is 4.75. The van der Waals surface area contributed by atoms with E-state index in [1.165, 1.54) is 10.8 Å². The van der Waals surface area contributed by atoms with Crippen molar-refractivity contribution in [3.8, 4) is 0 Å². The monoisotopic (exact) mass is 210 g/mol. The largest absolute Gasteiger partial charge is 0.396 e. The number of hydrogen-bond donors (Lipinski definition) is 2. The molecule has 0 atom stereocenters. The van der Waals surface area contributed by atoms with E-state index in [2.05, 4.69) is 11.6 Å². The van der Waals surface area contributed by atoms with Gasteiger partial charge in [-0.1, -0.05) is 12.2 Å². The zero-order valence-corrected chi connectivity index (χ0v) is 8.62. The topological polar surface area (TPSA) is 75.1 Å². The molecule has 0 bridgehead atoms. The highest BCUT2D eigenvalue weighted by atomic mass is 16.3. The molecule has 82 valence electrons. The van der Waals surface area contributed by atoms with Crippen LogP contribution in [0.25, 0.3) is 0 Å². The molecule has 15 heavy (non-hydrogen) atoms. The summed E-state index contributed by atoms with van der Waals surface area (Å²) < 4.78 is 1.37. The summed E-state index contributed by atoms with van der Waals surface area (Å²) in [6.07, 6.45) is 1.94. The van der Waals surface area contributed by atoms with Crippen LogP contribution in [0.5, 0.6) is 0 Å². The van der Waals surface area contributed by atoms with Gasteiger partial charge in [-0.25, -0.2) is 4.79 Å². The maximum absolute atomic E-state index is 11.3. The van der Waals surface area contributed by atoms with E-state index in [1.54, 1.807) is 6.92 Å². The minimum Gasteiger partial charge on any atom is -0.396 e. The number of rotatable bonds is 4. The molecular formula is C10H14N2O3. The molecule has 1 aromatic rings. The van der Waals surface area contributed by atoms with Gasteiger partial charge in [0.2, 0.25) is 0 Å². The van der Waals surface area contributed by atoms with E-state index in [1.807, 2.05) is 0 Å². The lowest BCUT2D eigenvalue weighted by atomic mass is 10.2. The van der Waals surface area contributed by atoms with Crippen LogP contribution in [0.15, 0.2) is 27.9 Å². The van der Waals surface area contributed by atoms with Crippen molar-refractivity contribution >= 4 is 0 Å². The van der Waals surface area contributed by atoms with Crippen LogP contribution in [0.2, 0.25) is 0 Å². The minimum absolute atomic E-state index is 0.00984. The molecule has 2 N–H and O–H groups in total. The van der Waals surface area contributed by atoms with Gasteiger partial charge in [0.1, 0.15) is 0 Å². The molecular weight excluding hydrogens is 196 g/mol. The van der Waals surface area contributed by atoms with Crippen molar-refractivity contribution in [3.63, 3.8) is 0 Å². The highest BCUT2D eigenvalue weighted by Gasteiger charge is 2.02. The molecule has 0 aliphatic heterocycles. The van der Waals surface area contributed by atoms with Crippen LogP contribution < -0.4 is 11.2 Å². The van der Waals surface area contributed by atoms with Gasteiger partial charge in [-0.3, -0.25) is 14.3 Å². The Kier molecular flexibility index (Phi) is 3.62. The van der Waals surface area contributed by atoms with E-state index in [9.17, 15) is 9.59 Å². The van der Waals surface area contributed by atoms with Gasteiger partial charge in [-0.15, -0.1) is 0 Å². The summed E-state index contributed by atoms with van der Waals surface area (Å²) in [5.74, 6) is 0. The molecule has 0 fully saturated rings. The highest BCUT2D eigenvalue weighted by molar-refractivity contribution is 5.03. The lowest BCUT2D eigenvalue weighted by Gasteiger charge is -2.07. The molecule has 1 rings (SSSR count). The van der Waals surface area contributed by atoms with Crippen LogP contribution in [0.4, 0.5) is 0 Å². The third-order valence-electron chi connectivity index (χ3n) is 2.05. The van der Waals surface area contributed by atoms with Crippen LogP contribution in [-0.2, 0) is 6.54 Å². The molecule has 0 aliphatic carbocycles. The molecule has 0 radical (unpaired) electrons. The number of aliphatic hydroxyl groups is 1. The molecule has 1 heterocycles. The zero-order chi connectivity index (χ0) is 11.4. The van der Waals surface area contributed by atoms with E-state index in [0.717, 1.165) is 5.57 Å². The van der Waals surface area contributed by atoms with Crippen molar-refractivity contribution < 1.29 is 5.11 Å². The van der Waals surface area contributed by atoms with Crippen LogP contribution in [0.3, 0.4) is 0 Å². The number of nitrogens with zero attached hydrogens (tertiary/aromatic N) is 1. The Bertz CT molecular complexity index is 470. The zero-order valence-electron chi connectivity index (χ0n) is 8.62. The number of hydrogen-bond acceptors (Lipinski definition) is 3. The summed E-state index contributed by atoms with van der Waals surface area (Å²) in [6.45, 7) is 5.68. The average Bonchev–Trinajstić information content (AvgIpc) is 2.14. The van der Waals surface area contributed by atoms with E-state index >= 15 is 0 Å². The van der Waals surface area contributed by atoms with Gasteiger partial charge in [0.05, 0.1) is 0 Å². The molecule has 5 nitrogen and oxygen atoms in total. The second-order valence-electron chi connectivity index (χ2n) is 3.42. The third-order valence-corrected chi connectivity index (χ3v) is 2.05. The Hall–Kier alpha value is -1.62. The van der Waals surface area contributed by atoms with E-state index in [0.29, 0.717) is 18.5 Å². The van der Waals surface area contributed by atoms with Crippen molar-refractivity contribution in [2.75, 3.05) is 6.61 Å². The molecule has 0 aromatic carbocycles. The van der Waals surface area contributed by atoms with Crippen LogP contribution in [0.1, 0.15) is 12.0 Å². The summed E-state index contributed by atoms with van der Waals surface area (Å²) >= 11 is 0. The van der Waals surface area contributed by atoms with Crippen molar-refractivity contribution in [2.45, 2.75) is 19.9 Å². The van der Waals surface area contributed by atoms with E-state index < -0.39 is 5.69 Å². The van der Waals surface area contributed by atoms with Crippen molar-refractivity contribution in [1.29, 1.82) is 0 Å². The number of aliphatic hydroxyl groups excluding tert-OH is 1. The molecule has 5 heteroatoms. The smallest absolute Gasteiger partial charge is 0.328 e. The number of aromatic amines is 1. The Morgan fingerprint density at radius 1 is 1.60 bits per heavy atom. The Morgan fingerprint density at radius 3 is 2.87 bits per heavy atom. The molecule has 0 amide bonds. The van der Waals surface area contributed by atoms with E-state index in [4.69, 9.17) is 5.11 Å². The summed E-state index contributed by atoms with van der Waals surface area (Å²) in [6, 6.07) is 0. The molecule has 0 saturated carbocycles. The Balaban J connectivity index is 2.96. The van der Waals surface area contributed by atoms with Gasteiger partial charge in [0.15, 0.2) is 0 Å². The standard InChI is InChI=1S/C10H14N2O3/c1-7(3-4-13)5-12-6-8(2)9(14)11-10(12)15/h6,13H,1,3-5H2,2H3,(H,11,14,15). The first-order valence-corrected chi connectivity index (χ1v) is 4.62. The maximum Gasteiger partial charge on any atom is 0.328 e. The van der Waals surface area contributed by atoms with Gasteiger partial charge in [0.25, 0.3) is 5.56 Å². The van der Waals surface area contributed by atoms with Gasteiger partial charge >= 0.3 is 5.69 Å². The van der Waals surface area contributed by atoms with E-state index in [-0.39, 0.29) is 12.2 Å². The predicted molar refractivity (Wildman–Crippen MR) is 56.9 cm³/mol. The fourth-order valence-corrected chi connectivity index (χ4v) is 1.21. The second-order valence-corrected chi connectivity index (χ2v) is 3.42. The summed E-state index contributed by atoms with van der Waals surface area (Å²) in [5, 5.41) is 8.68. The molecule has 0 saturated heterocycles. The molecule has 0 aliphatic rings. The number of aryl methyl sites for hydroxylation is 1. The van der Waals surface area contributed by atoms with Crippen molar-refractivity contribution in [1.82, 2.24) is 9.55 Å². The Morgan fingerprint density at radius 2 is 2.27 bits per heavy atom. The van der Waals surface area contributed by atoms with Crippen molar-refractivity contribution in [3.05, 3.63) is 44.8 Å². The van der Waals surface area contributed by atoms with Crippen molar-refractivity contribution in [2.24, 2.45) is 0 Å². The minimum atomic E-state index is -0.454. The summed E-state index contributed by atoms with van der Waals surface area (Å²) in [7, 11) is 0. The first-order chi connectivity index (χ1) is 7.04. The molecule has 0 spiro atoms. The maximum atomic E-state index is 11.3. The van der Waals surface area contributed by atoms with Crippen LogP contribution in [0, 0.1) is 6.92 Å². The normalized spacial score (nSPS) is 10.3. The first kappa shape index (κ1) is 11.5. The molecule has 1 aromatic heterocycles. The third kappa shape index (κ3) is 2.92. The van der Waals surface area contributed by atoms with Gasteiger partial charge in [-0.05, 0) is 13.3 Å². The quantitative estimate of drug-likeness (QED) is 0.675. The lowest BCUT2D eigenvalue weighted by Crippen LogP contribution is -2.31. The highest BCUT2D eigenvalue weighted by Crippen LogP contribution is 1.99. The Labute approximate surface area is 86.7 Å². The first-order valence-electron chi connectivity index (χ1n) is 4.62. The van der Waals surface area contributed by atoms with Gasteiger partial charge in [-0.2, -0.15) is 0 Å². The van der Waals surface area contributed by atoms with Gasteiger partial charge in [0, 0.05) is 24.9 Å². The predicted octanol–water partition coefficient (Wildman–Crippen LogP) is -0.216. The van der Waals surface area contributed by atoms with Gasteiger partial charge < -0.3 is 5.11 Å². The number of nitrogens with one attached hydrogen (secondary N) is 1.